The first-order valence-electron chi connectivity index (χ1n) is 8.86. The van der Waals surface area contributed by atoms with E-state index in [1.807, 2.05) is 18.2 Å². The summed E-state index contributed by atoms with van der Waals surface area (Å²) in [7, 11) is 0. The van der Waals surface area contributed by atoms with Crippen molar-refractivity contribution in [3.05, 3.63) is 59.7 Å². The number of thioether (sulfide) groups is 1. The van der Waals surface area contributed by atoms with Gasteiger partial charge in [0.15, 0.2) is 0 Å². The Hall–Kier alpha value is -1.94. The van der Waals surface area contributed by atoms with Gasteiger partial charge in [0.25, 0.3) is 0 Å². The smallest absolute Gasteiger partial charge is 0.230 e. The molecule has 2 aromatic rings. The van der Waals surface area contributed by atoms with Crippen LogP contribution in [-0.2, 0) is 11.2 Å². The van der Waals surface area contributed by atoms with Crippen molar-refractivity contribution in [3.8, 4) is 5.75 Å². The highest BCUT2D eigenvalue weighted by Gasteiger charge is 2.05. The van der Waals surface area contributed by atoms with E-state index in [1.165, 1.54) is 11.1 Å². The fourth-order valence-electron chi connectivity index (χ4n) is 2.40. The van der Waals surface area contributed by atoms with Gasteiger partial charge in [0.2, 0.25) is 5.91 Å². The molecule has 0 aliphatic rings. The second-order valence-corrected chi connectivity index (χ2v) is 7.06. The standard InChI is InChI=1S/C21H27NO2S/c1-3-15-24-20-9-5-4-7-18(20)8-6-14-22-21(23)16-25-19-12-10-17(2)11-13-19/h4-5,7,9-13H,3,6,8,14-16H2,1-2H3,(H,22,23). The zero-order valence-electron chi connectivity index (χ0n) is 15.1. The van der Waals surface area contributed by atoms with Crippen LogP contribution in [0.4, 0.5) is 0 Å². The molecule has 0 spiro atoms. The number of aryl methyl sites for hydroxylation is 2. The van der Waals surface area contributed by atoms with Crippen LogP contribution in [-0.4, -0.2) is 24.8 Å². The van der Waals surface area contributed by atoms with Gasteiger partial charge in [0, 0.05) is 11.4 Å². The van der Waals surface area contributed by atoms with Crippen LogP contribution in [0.5, 0.6) is 5.75 Å². The van der Waals surface area contributed by atoms with Crippen LogP contribution < -0.4 is 10.1 Å². The minimum atomic E-state index is 0.0843. The van der Waals surface area contributed by atoms with Crippen LogP contribution >= 0.6 is 11.8 Å². The van der Waals surface area contributed by atoms with Gasteiger partial charge in [-0.15, -0.1) is 11.8 Å². The number of carbonyl (C=O) groups is 1. The maximum absolute atomic E-state index is 11.9. The normalized spacial score (nSPS) is 10.5. The van der Waals surface area contributed by atoms with E-state index in [0.717, 1.165) is 36.5 Å². The van der Waals surface area contributed by atoms with Crippen LogP contribution in [0, 0.1) is 6.92 Å². The molecule has 2 rings (SSSR count). The maximum Gasteiger partial charge on any atom is 0.230 e. The van der Waals surface area contributed by atoms with Crippen molar-refractivity contribution in [2.45, 2.75) is 38.0 Å². The molecular formula is C21H27NO2S. The second kappa shape index (κ2) is 10.8. The third-order valence-corrected chi connectivity index (χ3v) is 4.78. The number of hydrogen-bond donors (Lipinski definition) is 1. The van der Waals surface area contributed by atoms with E-state index >= 15 is 0 Å². The molecule has 0 aliphatic carbocycles. The van der Waals surface area contributed by atoms with Crippen molar-refractivity contribution < 1.29 is 9.53 Å². The quantitative estimate of drug-likeness (QED) is 0.498. The highest BCUT2D eigenvalue weighted by Crippen LogP contribution is 2.20. The summed E-state index contributed by atoms with van der Waals surface area (Å²) in [6.07, 6.45) is 2.82. The van der Waals surface area contributed by atoms with Crippen molar-refractivity contribution in [1.29, 1.82) is 0 Å². The average molecular weight is 358 g/mol. The molecule has 0 radical (unpaired) electrons. The van der Waals surface area contributed by atoms with Crippen molar-refractivity contribution in [1.82, 2.24) is 5.32 Å². The summed E-state index contributed by atoms with van der Waals surface area (Å²) in [5.41, 5.74) is 2.44. The third-order valence-electron chi connectivity index (χ3n) is 3.77. The van der Waals surface area contributed by atoms with Crippen LogP contribution in [0.2, 0.25) is 0 Å². The number of benzene rings is 2. The van der Waals surface area contributed by atoms with Crippen LogP contribution in [0.3, 0.4) is 0 Å². The first-order valence-corrected chi connectivity index (χ1v) is 9.84. The fraction of sp³-hybridized carbons (Fsp3) is 0.381. The lowest BCUT2D eigenvalue weighted by molar-refractivity contribution is -0.118. The molecule has 0 saturated heterocycles. The minimum absolute atomic E-state index is 0.0843. The molecule has 0 fully saturated rings. The lowest BCUT2D eigenvalue weighted by atomic mass is 10.1. The van der Waals surface area contributed by atoms with E-state index in [1.54, 1.807) is 11.8 Å². The Labute approximate surface area is 155 Å². The molecule has 134 valence electrons. The van der Waals surface area contributed by atoms with E-state index in [2.05, 4.69) is 49.5 Å². The predicted molar refractivity (Wildman–Crippen MR) is 105 cm³/mol. The van der Waals surface area contributed by atoms with Gasteiger partial charge in [-0.05, 0) is 49.9 Å². The number of para-hydroxylation sites is 1. The SMILES string of the molecule is CCCOc1ccccc1CCCNC(=O)CSc1ccc(C)cc1. The number of ether oxygens (including phenoxy) is 1. The fourth-order valence-corrected chi connectivity index (χ4v) is 3.13. The molecule has 0 bridgehead atoms. The number of amides is 1. The monoisotopic (exact) mass is 357 g/mol. The summed E-state index contributed by atoms with van der Waals surface area (Å²) in [4.78, 5) is 13.1. The van der Waals surface area contributed by atoms with Gasteiger partial charge in [-0.1, -0.05) is 42.8 Å². The van der Waals surface area contributed by atoms with E-state index < -0.39 is 0 Å². The molecule has 1 amide bonds. The van der Waals surface area contributed by atoms with Crippen molar-refractivity contribution in [3.63, 3.8) is 0 Å². The Kier molecular flexibility index (Phi) is 8.40. The molecule has 0 aromatic heterocycles. The third kappa shape index (κ3) is 7.22. The Morgan fingerprint density at radius 3 is 2.64 bits per heavy atom. The lowest BCUT2D eigenvalue weighted by Crippen LogP contribution is -2.26. The van der Waals surface area contributed by atoms with Crippen molar-refractivity contribution >= 4 is 17.7 Å². The van der Waals surface area contributed by atoms with E-state index in [4.69, 9.17) is 4.74 Å². The molecule has 0 heterocycles. The first-order chi connectivity index (χ1) is 12.2. The number of hydrogen-bond acceptors (Lipinski definition) is 3. The van der Waals surface area contributed by atoms with Crippen molar-refractivity contribution in [2.24, 2.45) is 0 Å². The lowest BCUT2D eigenvalue weighted by Gasteiger charge is -2.11. The van der Waals surface area contributed by atoms with Crippen LogP contribution in [0.25, 0.3) is 0 Å². The van der Waals surface area contributed by atoms with Crippen molar-refractivity contribution in [2.75, 3.05) is 18.9 Å². The summed E-state index contributed by atoms with van der Waals surface area (Å²) < 4.78 is 5.77. The Bertz CT molecular complexity index is 655. The van der Waals surface area contributed by atoms with Crippen LogP contribution in [0.15, 0.2) is 53.4 Å². The second-order valence-electron chi connectivity index (χ2n) is 6.01. The van der Waals surface area contributed by atoms with Gasteiger partial charge in [-0.2, -0.15) is 0 Å². The topological polar surface area (TPSA) is 38.3 Å². The van der Waals surface area contributed by atoms with E-state index in [-0.39, 0.29) is 5.91 Å². The Morgan fingerprint density at radius 2 is 1.88 bits per heavy atom. The summed E-state index contributed by atoms with van der Waals surface area (Å²) >= 11 is 1.57. The molecule has 0 saturated carbocycles. The number of carbonyl (C=O) groups excluding carboxylic acids is 1. The largest absolute Gasteiger partial charge is 0.493 e. The Balaban J connectivity index is 1.67. The summed E-state index contributed by atoms with van der Waals surface area (Å²) in [6.45, 7) is 5.60. The molecule has 25 heavy (non-hydrogen) atoms. The highest BCUT2D eigenvalue weighted by atomic mass is 32.2. The zero-order chi connectivity index (χ0) is 17.9. The molecule has 4 heteroatoms. The number of nitrogens with one attached hydrogen (secondary N) is 1. The predicted octanol–water partition coefficient (Wildman–Crippen LogP) is 4.62. The van der Waals surface area contributed by atoms with E-state index in [0.29, 0.717) is 12.3 Å². The summed E-state index contributed by atoms with van der Waals surface area (Å²) in [6, 6.07) is 16.4. The molecule has 2 aromatic carbocycles. The van der Waals surface area contributed by atoms with Gasteiger partial charge in [0.05, 0.1) is 12.4 Å². The zero-order valence-corrected chi connectivity index (χ0v) is 15.9. The Morgan fingerprint density at radius 1 is 1.12 bits per heavy atom. The molecule has 1 N–H and O–H groups in total. The molecular weight excluding hydrogens is 330 g/mol. The average Bonchev–Trinajstić information content (AvgIpc) is 2.64. The van der Waals surface area contributed by atoms with Gasteiger partial charge in [-0.25, -0.2) is 0 Å². The molecule has 0 aliphatic heterocycles. The highest BCUT2D eigenvalue weighted by molar-refractivity contribution is 8.00. The van der Waals surface area contributed by atoms with Gasteiger partial charge in [0.1, 0.15) is 5.75 Å². The first kappa shape index (κ1) is 19.4. The number of rotatable bonds is 10. The van der Waals surface area contributed by atoms with Gasteiger partial charge >= 0.3 is 0 Å². The molecule has 0 unspecified atom stereocenters. The maximum atomic E-state index is 11.9. The van der Waals surface area contributed by atoms with E-state index in [9.17, 15) is 4.79 Å². The summed E-state index contributed by atoms with van der Waals surface area (Å²) in [5.74, 6) is 1.51. The van der Waals surface area contributed by atoms with Gasteiger partial charge in [-0.3, -0.25) is 4.79 Å². The molecule has 3 nitrogen and oxygen atoms in total. The molecule has 0 atom stereocenters. The minimum Gasteiger partial charge on any atom is -0.493 e. The summed E-state index contributed by atoms with van der Waals surface area (Å²) in [5, 5.41) is 3.00. The van der Waals surface area contributed by atoms with Gasteiger partial charge < -0.3 is 10.1 Å². The van der Waals surface area contributed by atoms with Crippen LogP contribution in [0.1, 0.15) is 30.9 Å².